The Balaban J connectivity index is 2.31. The molecule has 1 aliphatic rings. The first-order chi connectivity index (χ1) is 8.85. The lowest BCUT2D eigenvalue weighted by atomic mass is 9.81. The molecule has 0 amide bonds. The second kappa shape index (κ2) is 4.85. The van der Waals surface area contributed by atoms with Gasteiger partial charge in [0.25, 0.3) is 0 Å². The fraction of sp³-hybridized carbons (Fsp3) is 0.533. The summed E-state index contributed by atoms with van der Waals surface area (Å²) >= 11 is 0. The molecule has 1 atom stereocenters. The number of hydrogen-bond acceptors (Lipinski definition) is 3. The molecule has 4 heteroatoms. The van der Waals surface area contributed by atoms with E-state index in [1.54, 1.807) is 0 Å². The number of nitrogens with one attached hydrogen (secondary N) is 1. The Morgan fingerprint density at radius 1 is 1.37 bits per heavy atom. The number of carboxylic acids is 1. The first-order valence-corrected chi connectivity index (χ1v) is 6.56. The number of ether oxygens (including phenoxy) is 1. The molecule has 0 spiro atoms. The molecule has 0 radical (unpaired) electrons. The Morgan fingerprint density at radius 2 is 2.05 bits per heavy atom. The number of aliphatic carboxylic acids is 1. The molecule has 0 aliphatic carbocycles. The van der Waals surface area contributed by atoms with Gasteiger partial charge in [-0.3, -0.25) is 0 Å². The monoisotopic (exact) mass is 263 g/mol. The number of hydrogen-bond donors (Lipinski definition) is 2. The zero-order valence-electron chi connectivity index (χ0n) is 11.7. The van der Waals surface area contributed by atoms with Crippen molar-refractivity contribution in [3.8, 4) is 0 Å². The van der Waals surface area contributed by atoms with Gasteiger partial charge in [0, 0.05) is 18.5 Å². The Morgan fingerprint density at radius 3 is 2.63 bits per heavy atom. The Bertz CT molecular complexity index is 484. The summed E-state index contributed by atoms with van der Waals surface area (Å²) in [7, 11) is 0. The number of anilines is 1. The van der Waals surface area contributed by atoms with Gasteiger partial charge < -0.3 is 15.2 Å². The van der Waals surface area contributed by atoms with Crippen molar-refractivity contribution in [3.63, 3.8) is 0 Å². The molecule has 1 aromatic carbocycles. The van der Waals surface area contributed by atoms with Crippen molar-refractivity contribution in [3.05, 3.63) is 29.8 Å². The number of rotatable bonds is 3. The van der Waals surface area contributed by atoms with Gasteiger partial charge in [0.1, 0.15) is 5.54 Å². The lowest BCUT2D eigenvalue weighted by Gasteiger charge is -2.43. The minimum atomic E-state index is -0.951. The van der Waals surface area contributed by atoms with Crippen LogP contribution in [-0.4, -0.2) is 28.8 Å². The van der Waals surface area contributed by atoms with E-state index in [2.05, 4.69) is 5.32 Å². The molecular weight excluding hydrogens is 242 g/mol. The smallest absolute Gasteiger partial charge is 0.329 e. The van der Waals surface area contributed by atoms with Gasteiger partial charge in [0.2, 0.25) is 0 Å². The van der Waals surface area contributed by atoms with Crippen molar-refractivity contribution < 1.29 is 14.6 Å². The highest BCUT2D eigenvalue weighted by molar-refractivity contribution is 5.83. The largest absolute Gasteiger partial charge is 0.480 e. The minimum absolute atomic E-state index is 0.424. The highest BCUT2D eigenvalue weighted by Gasteiger charge is 2.46. The number of benzene rings is 1. The summed E-state index contributed by atoms with van der Waals surface area (Å²) in [6, 6.07) is 7.75. The van der Waals surface area contributed by atoms with E-state index in [9.17, 15) is 9.90 Å². The van der Waals surface area contributed by atoms with Crippen LogP contribution in [-0.2, 0) is 9.53 Å². The maximum atomic E-state index is 11.8. The predicted molar refractivity (Wildman–Crippen MR) is 74.4 cm³/mol. The van der Waals surface area contributed by atoms with Crippen molar-refractivity contribution in [1.82, 2.24) is 0 Å². The van der Waals surface area contributed by atoms with Crippen LogP contribution in [0, 0.1) is 6.92 Å². The predicted octanol–water partition coefficient (Wildman–Crippen LogP) is 2.82. The topological polar surface area (TPSA) is 58.6 Å². The lowest BCUT2D eigenvalue weighted by Crippen LogP contribution is -2.55. The van der Waals surface area contributed by atoms with Gasteiger partial charge in [0.05, 0.1) is 12.2 Å². The van der Waals surface area contributed by atoms with E-state index in [-0.39, 0.29) is 0 Å². The van der Waals surface area contributed by atoms with E-state index in [0.717, 1.165) is 11.3 Å². The molecule has 1 saturated heterocycles. The van der Waals surface area contributed by atoms with Gasteiger partial charge in [-0.25, -0.2) is 4.79 Å². The van der Waals surface area contributed by atoms with Gasteiger partial charge >= 0.3 is 5.97 Å². The third-order valence-electron chi connectivity index (χ3n) is 3.68. The molecule has 19 heavy (non-hydrogen) atoms. The van der Waals surface area contributed by atoms with E-state index in [1.807, 2.05) is 45.0 Å². The summed E-state index contributed by atoms with van der Waals surface area (Å²) in [5.74, 6) is -0.813. The second-order valence-corrected chi connectivity index (χ2v) is 5.86. The van der Waals surface area contributed by atoms with E-state index < -0.39 is 17.1 Å². The zero-order valence-corrected chi connectivity index (χ0v) is 11.7. The zero-order chi connectivity index (χ0) is 14.1. The third-order valence-corrected chi connectivity index (χ3v) is 3.68. The number of carbonyl (C=O) groups is 1. The molecule has 104 valence electrons. The van der Waals surface area contributed by atoms with Crippen molar-refractivity contribution in [2.45, 2.75) is 44.8 Å². The maximum Gasteiger partial charge on any atom is 0.329 e. The first-order valence-electron chi connectivity index (χ1n) is 6.56. The normalized spacial score (nSPS) is 25.8. The van der Waals surface area contributed by atoms with Gasteiger partial charge in [-0.1, -0.05) is 18.2 Å². The fourth-order valence-electron chi connectivity index (χ4n) is 2.68. The van der Waals surface area contributed by atoms with Crippen LogP contribution >= 0.6 is 0 Å². The quantitative estimate of drug-likeness (QED) is 0.880. The SMILES string of the molecule is Cc1ccccc1NC1(C(=O)O)CCOC(C)(C)C1. The Hall–Kier alpha value is -1.55. The molecule has 1 aromatic rings. The summed E-state index contributed by atoms with van der Waals surface area (Å²) in [6.07, 6.45) is 0.920. The molecule has 0 saturated carbocycles. The molecule has 1 unspecified atom stereocenters. The second-order valence-electron chi connectivity index (χ2n) is 5.86. The molecule has 1 heterocycles. The molecule has 0 bridgehead atoms. The molecule has 1 aliphatic heterocycles. The van der Waals surface area contributed by atoms with Crippen LogP contribution in [0.15, 0.2) is 24.3 Å². The minimum Gasteiger partial charge on any atom is -0.480 e. The summed E-state index contributed by atoms with van der Waals surface area (Å²) < 4.78 is 5.64. The van der Waals surface area contributed by atoms with E-state index >= 15 is 0 Å². The molecule has 2 N–H and O–H groups in total. The van der Waals surface area contributed by atoms with E-state index in [4.69, 9.17) is 4.74 Å². The van der Waals surface area contributed by atoms with Gasteiger partial charge in [0.15, 0.2) is 0 Å². The highest BCUT2D eigenvalue weighted by Crippen LogP contribution is 2.35. The van der Waals surface area contributed by atoms with Crippen LogP contribution < -0.4 is 5.32 Å². The van der Waals surface area contributed by atoms with Gasteiger partial charge in [-0.2, -0.15) is 0 Å². The molecule has 0 aromatic heterocycles. The number of para-hydroxylation sites is 1. The van der Waals surface area contributed by atoms with Crippen molar-refractivity contribution in [2.24, 2.45) is 0 Å². The third kappa shape index (κ3) is 2.89. The lowest BCUT2D eigenvalue weighted by molar-refractivity contribution is -0.152. The van der Waals surface area contributed by atoms with E-state index in [0.29, 0.717) is 19.4 Å². The first kappa shape index (κ1) is 13.9. The number of aryl methyl sites for hydroxylation is 1. The van der Waals surface area contributed by atoms with Crippen molar-refractivity contribution >= 4 is 11.7 Å². The average molecular weight is 263 g/mol. The molecular formula is C15H21NO3. The van der Waals surface area contributed by atoms with Crippen LogP contribution in [0.25, 0.3) is 0 Å². The Labute approximate surface area is 113 Å². The fourth-order valence-corrected chi connectivity index (χ4v) is 2.68. The van der Waals surface area contributed by atoms with Gasteiger partial charge in [-0.05, 0) is 32.4 Å². The summed E-state index contributed by atoms with van der Waals surface area (Å²) in [5.41, 5.74) is 0.551. The average Bonchev–Trinajstić information content (AvgIpc) is 2.30. The van der Waals surface area contributed by atoms with Crippen molar-refractivity contribution in [2.75, 3.05) is 11.9 Å². The molecule has 1 fully saturated rings. The summed E-state index contributed by atoms with van der Waals surface area (Å²) in [4.78, 5) is 11.8. The van der Waals surface area contributed by atoms with Crippen LogP contribution in [0.4, 0.5) is 5.69 Å². The summed E-state index contributed by atoms with van der Waals surface area (Å²) in [6.45, 7) is 6.30. The highest BCUT2D eigenvalue weighted by atomic mass is 16.5. The summed E-state index contributed by atoms with van der Waals surface area (Å²) in [5, 5.41) is 12.9. The van der Waals surface area contributed by atoms with Crippen LogP contribution in [0.5, 0.6) is 0 Å². The van der Waals surface area contributed by atoms with Crippen LogP contribution in [0.3, 0.4) is 0 Å². The van der Waals surface area contributed by atoms with Crippen LogP contribution in [0.2, 0.25) is 0 Å². The van der Waals surface area contributed by atoms with Crippen molar-refractivity contribution in [1.29, 1.82) is 0 Å². The standard InChI is InChI=1S/C15H21NO3/c1-11-6-4-5-7-12(11)16-15(13(17)18)8-9-19-14(2,3)10-15/h4-7,16H,8-10H2,1-3H3,(H,17,18). The van der Waals surface area contributed by atoms with Gasteiger partial charge in [-0.15, -0.1) is 0 Å². The molecule has 4 nitrogen and oxygen atoms in total. The van der Waals surface area contributed by atoms with E-state index in [1.165, 1.54) is 0 Å². The molecule has 2 rings (SSSR count). The maximum absolute atomic E-state index is 11.8. The van der Waals surface area contributed by atoms with Crippen LogP contribution in [0.1, 0.15) is 32.3 Å². The number of carboxylic acid groups (broad SMARTS) is 1. The Kier molecular flexibility index (Phi) is 3.54.